The van der Waals surface area contributed by atoms with Gasteiger partial charge in [-0.15, -0.1) is 5.10 Å². The van der Waals surface area contributed by atoms with Gasteiger partial charge in [-0.05, 0) is 18.2 Å². The Hall–Kier alpha value is -3.40. The Balaban J connectivity index is 1.49. The standard InChI is InChI=1S/C19H25N7O3/c1-25(2)17-20-18(26(3)4)22-19(21-17)29-16-11-10-15(23-24-16)28-13-12-27-14-8-6-5-7-9-14/h5-11,15,23H,12-13H2,1-4H3/t15-/m1/s1. The molecule has 0 spiro atoms. The maximum absolute atomic E-state index is 5.67. The highest BCUT2D eigenvalue weighted by molar-refractivity contribution is 5.89. The van der Waals surface area contributed by atoms with E-state index in [4.69, 9.17) is 14.2 Å². The topological polar surface area (TPSA) is 97.2 Å². The molecule has 29 heavy (non-hydrogen) atoms. The van der Waals surface area contributed by atoms with E-state index >= 15 is 0 Å². The number of rotatable bonds is 8. The molecule has 2 heterocycles. The molecule has 1 aliphatic rings. The number of anilines is 2. The van der Waals surface area contributed by atoms with E-state index in [1.165, 1.54) is 0 Å². The van der Waals surface area contributed by atoms with Crippen LogP contribution in [0.3, 0.4) is 0 Å². The van der Waals surface area contributed by atoms with Crippen LogP contribution in [-0.2, 0) is 4.74 Å². The lowest BCUT2D eigenvalue weighted by Gasteiger charge is -2.19. The summed E-state index contributed by atoms with van der Waals surface area (Å²) in [6, 6.07) is 9.75. The minimum atomic E-state index is -0.366. The average molecular weight is 399 g/mol. The monoisotopic (exact) mass is 399 g/mol. The molecule has 10 heteroatoms. The molecular formula is C19H25N7O3. The Morgan fingerprint density at radius 3 is 2.21 bits per heavy atom. The minimum Gasteiger partial charge on any atom is -0.491 e. The lowest BCUT2D eigenvalue weighted by molar-refractivity contribution is 0.0412. The van der Waals surface area contributed by atoms with E-state index in [0.717, 1.165) is 5.75 Å². The van der Waals surface area contributed by atoms with E-state index in [1.54, 1.807) is 22.0 Å². The number of hydrazone groups is 1. The first kappa shape index (κ1) is 20.3. The second-order valence-electron chi connectivity index (χ2n) is 6.50. The van der Waals surface area contributed by atoms with Crippen molar-refractivity contribution in [1.82, 2.24) is 20.4 Å². The zero-order valence-electron chi connectivity index (χ0n) is 16.9. The van der Waals surface area contributed by atoms with Gasteiger partial charge in [0, 0.05) is 34.3 Å². The fourth-order valence-corrected chi connectivity index (χ4v) is 2.25. The van der Waals surface area contributed by atoms with Gasteiger partial charge < -0.3 is 24.0 Å². The number of aromatic nitrogens is 3. The quantitative estimate of drug-likeness (QED) is 0.658. The molecule has 1 aromatic heterocycles. The summed E-state index contributed by atoms with van der Waals surface area (Å²) in [5, 5.41) is 4.16. The number of hydrogen-bond donors (Lipinski definition) is 1. The molecule has 1 atom stereocenters. The summed E-state index contributed by atoms with van der Waals surface area (Å²) in [7, 11) is 7.40. The Bertz CT molecular complexity index is 830. The predicted octanol–water partition coefficient (Wildman–Crippen LogP) is 1.28. The first-order valence-electron chi connectivity index (χ1n) is 9.11. The van der Waals surface area contributed by atoms with Gasteiger partial charge in [0.25, 0.3) is 0 Å². The molecule has 1 aromatic carbocycles. The predicted molar refractivity (Wildman–Crippen MR) is 110 cm³/mol. The summed E-state index contributed by atoms with van der Waals surface area (Å²) in [6.07, 6.45) is 3.13. The van der Waals surface area contributed by atoms with Gasteiger partial charge in [-0.1, -0.05) is 18.2 Å². The molecule has 0 fully saturated rings. The van der Waals surface area contributed by atoms with Crippen molar-refractivity contribution in [2.45, 2.75) is 6.23 Å². The smallest absolute Gasteiger partial charge is 0.330 e. The average Bonchev–Trinajstić information content (AvgIpc) is 2.73. The van der Waals surface area contributed by atoms with E-state index in [2.05, 4.69) is 25.5 Å². The Morgan fingerprint density at radius 1 is 0.931 bits per heavy atom. The van der Waals surface area contributed by atoms with Gasteiger partial charge in [-0.25, -0.2) is 0 Å². The van der Waals surface area contributed by atoms with Gasteiger partial charge in [-0.3, -0.25) is 5.43 Å². The van der Waals surface area contributed by atoms with Crippen LogP contribution in [0.25, 0.3) is 0 Å². The largest absolute Gasteiger partial charge is 0.491 e. The van der Waals surface area contributed by atoms with Gasteiger partial charge in [0.2, 0.25) is 17.8 Å². The third kappa shape index (κ3) is 6.04. The zero-order valence-corrected chi connectivity index (χ0v) is 16.9. The van der Waals surface area contributed by atoms with E-state index in [0.29, 0.717) is 31.0 Å². The molecule has 0 unspecified atom stereocenters. The van der Waals surface area contributed by atoms with Crippen LogP contribution < -0.4 is 24.7 Å². The number of ether oxygens (including phenoxy) is 3. The van der Waals surface area contributed by atoms with Crippen LogP contribution in [0, 0.1) is 0 Å². The zero-order chi connectivity index (χ0) is 20.6. The number of benzene rings is 1. The van der Waals surface area contributed by atoms with Gasteiger partial charge in [0.1, 0.15) is 12.4 Å². The van der Waals surface area contributed by atoms with Crippen LogP contribution >= 0.6 is 0 Å². The van der Waals surface area contributed by atoms with E-state index < -0.39 is 0 Å². The van der Waals surface area contributed by atoms with Crippen LogP contribution in [0.4, 0.5) is 11.9 Å². The summed E-state index contributed by atoms with van der Waals surface area (Å²) in [4.78, 5) is 16.5. The Kier molecular flexibility index (Phi) is 6.80. The second-order valence-corrected chi connectivity index (χ2v) is 6.50. The van der Waals surface area contributed by atoms with E-state index in [9.17, 15) is 0 Å². The van der Waals surface area contributed by atoms with Crippen LogP contribution in [0.1, 0.15) is 0 Å². The van der Waals surface area contributed by atoms with Gasteiger partial charge in [-0.2, -0.15) is 15.0 Å². The van der Waals surface area contributed by atoms with E-state index in [-0.39, 0.29) is 12.2 Å². The molecular weight excluding hydrogens is 374 g/mol. The minimum absolute atomic E-state index is 0.160. The van der Waals surface area contributed by atoms with Crippen LogP contribution in [-0.4, -0.2) is 68.5 Å². The molecule has 154 valence electrons. The SMILES string of the molecule is CN(C)c1nc(OC2=NN[C@H](OCCOc3ccccc3)C=C2)nc(N(C)C)n1. The van der Waals surface area contributed by atoms with Crippen molar-refractivity contribution in [3.63, 3.8) is 0 Å². The summed E-state index contributed by atoms with van der Waals surface area (Å²) >= 11 is 0. The van der Waals surface area contributed by atoms with Crippen molar-refractivity contribution in [2.75, 3.05) is 51.2 Å². The maximum Gasteiger partial charge on any atom is 0.330 e. The fraction of sp³-hybridized carbons (Fsp3) is 0.368. The molecule has 0 saturated carbocycles. The lowest BCUT2D eigenvalue weighted by atomic mass is 10.3. The normalized spacial score (nSPS) is 15.3. The van der Waals surface area contributed by atoms with Crippen molar-refractivity contribution < 1.29 is 14.2 Å². The molecule has 0 radical (unpaired) electrons. The molecule has 1 N–H and O–H groups in total. The molecule has 0 aliphatic carbocycles. The van der Waals surface area contributed by atoms with Gasteiger partial charge in [0.05, 0.1) is 6.61 Å². The molecule has 0 amide bonds. The third-order valence-electron chi connectivity index (χ3n) is 3.70. The van der Waals surface area contributed by atoms with Crippen molar-refractivity contribution in [2.24, 2.45) is 5.10 Å². The van der Waals surface area contributed by atoms with Crippen molar-refractivity contribution in [1.29, 1.82) is 0 Å². The first-order chi connectivity index (χ1) is 14.0. The fourth-order valence-electron chi connectivity index (χ4n) is 2.25. The van der Waals surface area contributed by atoms with Crippen molar-refractivity contribution >= 4 is 17.8 Å². The highest BCUT2D eigenvalue weighted by Crippen LogP contribution is 2.15. The molecule has 0 saturated heterocycles. The second kappa shape index (κ2) is 9.69. The highest BCUT2D eigenvalue weighted by Gasteiger charge is 2.15. The van der Waals surface area contributed by atoms with E-state index in [1.807, 2.05) is 58.5 Å². The Labute approximate surface area is 169 Å². The number of para-hydroxylation sites is 1. The number of nitrogens with zero attached hydrogens (tertiary/aromatic N) is 6. The third-order valence-corrected chi connectivity index (χ3v) is 3.70. The Morgan fingerprint density at radius 2 is 1.62 bits per heavy atom. The molecule has 2 aromatic rings. The lowest BCUT2D eigenvalue weighted by Crippen LogP contribution is -2.32. The van der Waals surface area contributed by atoms with Crippen LogP contribution in [0.2, 0.25) is 0 Å². The molecule has 0 bridgehead atoms. The summed E-state index contributed by atoms with van der Waals surface area (Å²) in [5.41, 5.74) is 2.87. The number of hydrogen-bond acceptors (Lipinski definition) is 10. The molecule has 10 nitrogen and oxygen atoms in total. The van der Waals surface area contributed by atoms with Gasteiger partial charge >= 0.3 is 6.01 Å². The highest BCUT2D eigenvalue weighted by atomic mass is 16.5. The first-order valence-corrected chi connectivity index (χ1v) is 9.11. The molecule has 3 rings (SSSR count). The summed E-state index contributed by atoms with van der Waals surface area (Å²) in [5.74, 6) is 2.12. The van der Waals surface area contributed by atoms with Crippen molar-refractivity contribution in [3.8, 4) is 11.8 Å². The molecule has 1 aliphatic heterocycles. The van der Waals surface area contributed by atoms with Crippen LogP contribution in [0.15, 0.2) is 47.6 Å². The summed E-state index contributed by atoms with van der Waals surface area (Å²) < 4.78 is 16.9. The van der Waals surface area contributed by atoms with Gasteiger partial charge in [0.15, 0.2) is 6.23 Å². The van der Waals surface area contributed by atoms with Crippen LogP contribution in [0.5, 0.6) is 11.8 Å². The summed E-state index contributed by atoms with van der Waals surface area (Å²) in [6.45, 7) is 0.850. The maximum atomic E-state index is 5.67. The van der Waals surface area contributed by atoms with Crippen molar-refractivity contribution in [3.05, 3.63) is 42.5 Å². The number of nitrogens with one attached hydrogen (secondary N) is 1.